The van der Waals surface area contributed by atoms with Crippen molar-refractivity contribution >= 4 is 39.0 Å². The quantitative estimate of drug-likeness (QED) is 0.162. The van der Waals surface area contributed by atoms with Gasteiger partial charge in [0, 0.05) is 50.3 Å². The summed E-state index contributed by atoms with van der Waals surface area (Å²) in [6.45, 7) is 4.69. The first-order valence-electron chi connectivity index (χ1n) is 20.0. The van der Waals surface area contributed by atoms with E-state index in [1.54, 1.807) is 0 Å². The Morgan fingerprint density at radius 1 is 0.407 bits per heavy atom. The predicted molar refractivity (Wildman–Crippen MR) is 241 cm³/mol. The van der Waals surface area contributed by atoms with E-state index < -0.39 is 0 Å². The van der Waals surface area contributed by atoms with Crippen LogP contribution in [0, 0.1) is 0 Å². The molecule has 1 aliphatic rings. The molecule has 8 aromatic carbocycles. The number of hydrogen-bond acceptors (Lipinski definition) is 5. The zero-order valence-corrected chi connectivity index (χ0v) is 32.7. The molecule has 0 bridgehead atoms. The Kier molecular flexibility index (Phi) is 8.09. The summed E-state index contributed by atoms with van der Waals surface area (Å²) in [6.07, 6.45) is 0. The van der Waals surface area contributed by atoms with Crippen LogP contribution in [0.15, 0.2) is 199 Å². The monoisotopic (exact) mass is 758 g/mol. The molecule has 280 valence electrons. The lowest BCUT2D eigenvalue weighted by molar-refractivity contribution is 0.660. The number of aromatic nitrogens is 3. The number of anilines is 3. The maximum atomic E-state index is 6.77. The van der Waals surface area contributed by atoms with Crippen molar-refractivity contribution < 1.29 is 4.42 Å². The first kappa shape index (κ1) is 34.6. The van der Waals surface area contributed by atoms with Gasteiger partial charge in [0.25, 0.3) is 0 Å². The Hall–Kier alpha value is -7.63. The minimum atomic E-state index is -0.208. The summed E-state index contributed by atoms with van der Waals surface area (Å²) in [5.41, 5.74) is 14.9. The maximum Gasteiger partial charge on any atom is 0.164 e. The normalized spacial score (nSPS) is 12.7. The summed E-state index contributed by atoms with van der Waals surface area (Å²) in [6, 6.07) is 67.9. The van der Waals surface area contributed by atoms with Crippen molar-refractivity contribution in [2.24, 2.45) is 0 Å². The predicted octanol–water partition coefficient (Wildman–Crippen LogP) is 14.2. The summed E-state index contributed by atoms with van der Waals surface area (Å²) in [7, 11) is 0. The van der Waals surface area contributed by atoms with Crippen molar-refractivity contribution in [3.63, 3.8) is 0 Å². The van der Waals surface area contributed by atoms with Crippen molar-refractivity contribution in [1.82, 2.24) is 15.0 Å². The number of fused-ring (bicyclic) bond motifs is 6. The van der Waals surface area contributed by atoms with E-state index in [-0.39, 0.29) is 5.41 Å². The van der Waals surface area contributed by atoms with Gasteiger partial charge < -0.3 is 9.32 Å². The van der Waals surface area contributed by atoms with E-state index in [9.17, 15) is 0 Å². The average Bonchev–Trinajstić information content (AvgIpc) is 3.78. The first-order valence-corrected chi connectivity index (χ1v) is 20.0. The smallest absolute Gasteiger partial charge is 0.164 e. The van der Waals surface area contributed by atoms with Gasteiger partial charge in [-0.3, -0.25) is 0 Å². The van der Waals surface area contributed by atoms with Gasteiger partial charge in [0.1, 0.15) is 11.2 Å². The van der Waals surface area contributed by atoms with Crippen LogP contribution in [0.4, 0.5) is 17.1 Å². The van der Waals surface area contributed by atoms with E-state index in [2.05, 4.69) is 152 Å². The van der Waals surface area contributed by atoms with Gasteiger partial charge in [0.15, 0.2) is 17.5 Å². The molecular formula is C54H38N4O. The zero-order chi connectivity index (χ0) is 39.5. The molecule has 10 aromatic rings. The third-order valence-corrected chi connectivity index (χ3v) is 11.7. The van der Waals surface area contributed by atoms with E-state index in [0.29, 0.717) is 17.5 Å². The van der Waals surface area contributed by atoms with Crippen molar-refractivity contribution in [2.75, 3.05) is 4.90 Å². The van der Waals surface area contributed by atoms with Gasteiger partial charge in [-0.1, -0.05) is 159 Å². The Morgan fingerprint density at radius 2 is 0.898 bits per heavy atom. The van der Waals surface area contributed by atoms with Crippen molar-refractivity contribution in [3.05, 3.63) is 205 Å². The highest BCUT2D eigenvalue weighted by Gasteiger charge is 2.38. The Balaban J connectivity index is 1.05. The summed E-state index contributed by atoms with van der Waals surface area (Å²) >= 11 is 0. The topological polar surface area (TPSA) is 55.1 Å². The summed E-state index contributed by atoms with van der Waals surface area (Å²) < 4.78 is 6.77. The summed E-state index contributed by atoms with van der Waals surface area (Å²) in [5, 5.41) is 2.08. The standard InChI is InChI=1S/C54H38N4O/c1-54(2)46-23-13-12-21-42(46)45-22-14-24-47(50(45)54)58(40-28-25-36(26-29-40)35-15-6-3-7-16-35)41-30-32-44-43-31-27-39(33-48(43)59-49(44)34-41)53-56-51(37-17-8-4-9-18-37)55-52(57-53)38-19-10-5-11-20-38/h3-34H,1-2H3. The van der Waals surface area contributed by atoms with E-state index in [1.807, 2.05) is 60.7 Å². The summed E-state index contributed by atoms with van der Waals surface area (Å²) in [4.78, 5) is 17.2. The molecule has 59 heavy (non-hydrogen) atoms. The van der Waals surface area contributed by atoms with Gasteiger partial charge in [-0.05, 0) is 75.8 Å². The van der Waals surface area contributed by atoms with Gasteiger partial charge in [0.2, 0.25) is 0 Å². The summed E-state index contributed by atoms with van der Waals surface area (Å²) in [5.74, 6) is 1.84. The molecule has 0 saturated heterocycles. The van der Waals surface area contributed by atoms with Crippen LogP contribution in [-0.2, 0) is 5.41 Å². The minimum Gasteiger partial charge on any atom is -0.456 e. The highest BCUT2D eigenvalue weighted by Crippen LogP contribution is 2.54. The van der Waals surface area contributed by atoms with Gasteiger partial charge in [-0.25, -0.2) is 15.0 Å². The molecule has 0 spiro atoms. The molecule has 0 fully saturated rings. The molecule has 2 heterocycles. The first-order chi connectivity index (χ1) is 29.0. The number of furan rings is 1. The van der Waals surface area contributed by atoms with Gasteiger partial charge in [0.05, 0.1) is 5.69 Å². The van der Waals surface area contributed by atoms with Gasteiger partial charge in [-0.15, -0.1) is 0 Å². The van der Waals surface area contributed by atoms with Crippen LogP contribution in [0.25, 0.3) is 78.4 Å². The van der Waals surface area contributed by atoms with Gasteiger partial charge in [-0.2, -0.15) is 0 Å². The molecule has 11 rings (SSSR count). The number of nitrogens with zero attached hydrogens (tertiary/aromatic N) is 4. The molecule has 5 nitrogen and oxygen atoms in total. The molecule has 0 saturated carbocycles. The third-order valence-electron chi connectivity index (χ3n) is 11.7. The molecule has 0 N–H and O–H groups in total. The van der Waals surface area contributed by atoms with Crippen molar-refractivity contribution in [1.29, 1.82) is 0 Å². The Bertz CT molecular complexity index is 3120. The van der Waals surface area contributed by atoms with Gasteiger partial charge >= 0.3 is 0 Å². The van der Waals surface area contributed by atoms with E-state index >= 15 is 0 Å². The molecule has 1 aliphatic carbocycles. The average molecular weight is 759 g/mol. The fraction of sp³-hybridized carbons (Fsp3) is 0.0556. The second kappa shape index (κ2) is 13.8. The number of hydrogen-bond donors (Lipinski definition) is 0. The van der Waals surface area contributed by atoms with Crippen LogP contribution < -0.4 is 4.90 Å². The molecule has 0 atom stereocenters. The van der Waals surface area contributed by atoms with Crippen LogP contribution in [0.1, 0.15) is 25.0 Å². The lowest BCUT2D eigenvalue weighted by Gasteiger charge is -2.32. The zero-order valence-electron chi connectivity index (χ0n) is 32.7. The largest absolute Gasteiger partial charge is 0.456 e. The fourth-order valence-corrected chi connectivity index (χ4v) is 8.85. The maximum absolute atomic E-state index is 6.77. The second-order valence-electron chi connectivity index (χ2n) is 15.7. The van der Waals surface area contributed by atoms with E-state index in [1.165, 1.54) is 33.4 Å². The highest BCUT2D eigenvalue weighted by atomic mass is 16.3. The number of benzene rings is 8. The third kappa shape index (κ3) is 5.90. The van der Waals surface area contributed by atoms with Crippen molar-refractivity contribution in [2.45, 2.75) is 19.3 Å². The SMILES string of the molecule is CC1(C)c2ccccc2-c2cccc(N(c3ccc(-c4ccccc4)cc3)c3ccc4c(c3)oc3cc(-c5nc(-c6ccccc6)nc(-c6ccccc6)n5)ccc34)c21. The number of rotatable bonds is 7. The van der Waals surface area contributed by atoms with Crippen molar-refractivity contribution in [3.8, 4) is 56.4 Å². The Labute approximate surface area is 342 Å². The molecule has 0 aliphatic heterocycles. The molecule has 0 radical (unpaired) electrons. The molecule has 0 amide bonds. The lowest BCUT2D eigenvalue weighted by Crippen LogP contribution is -2.20. The van der Waals surface area contributed by atoms with Crippen LogP contribution >= 0.6 is 0 Å². The van der Waals surface area contributed by atoms with Crippen LogP contribution in [0.2, 0.25) is 0 Å². The van der Waals surface area contributed by atoms with Crippen LogP contribution in [-0.4, -0.2) is 15.0 Å². The van der Waals surface area contributed by atoms with E-state index in [0.717, 1.165) is 55.7 Å². The minimum absolute atomic E-state index is 0.208. The molecule has 2 aromatic heterocycles. The van der Waals surface area contributed by atoms with E-state index in [4.69, 9.17) is 19.4 Å². The van der Waals surface area contributed by atoms with Crippen LogP contribution in [0.3, 0.4) is 0 Å². The molecule has 5 heteroatoms. The second-order valence-corrected chi connectivity index (χ2v) is 15.7. The Morgan fingerprint density at radius 3 is 1.56 bits per heavy atom. The molecule has 0 unspecified atom stereocenters. The molecular weight excluding hydrogens is 721 g/mol. The van der Waals surface area contributed by atoms with Crippen LogP contribution in [0.5, 0.6) is 0 Å². The highest BCUT2D eigenvalue weighted by molar-refractivity contribution is 6.07. The fourth-order valence-electron chi connectivity index (χ4n) is 8.85. The lowest BCUT2D eigenvalue weighted by atomic mass is 9.81.